The molecule has 2 heterocycles. The molecule has 0 fully saturated rings. The predicted molar refractivity (Wildman–Crippen MR) is 128 cm³/mol. The molecule has 1 atom stereocenters. The van der Waals surface area contributed by atoms with Crippen LogP contribution in [0.15, 0.2) is 79.0 Å². The topological polar surface area (TPSA) is 80.1 Å². The van der Waals surface area contributed by atoms with Gasteiger partial charge in [0.05, 0.1) is 11.0 Å². The van der Waals surface area contributed by atoms with Gasteiger partial charge in [-0.2, -0.15) is 0 Å². The Morgan fingerprint density at radius 2 is 1.73 bits per heavy atom. The number of amides is 2. The zero-order valence-electron chi connectivity index (χ0n) is 18.8. The molecule has 168 valence electrons. The first-order valence-electron chi connectivity index (χ1n) is 11.0. The van der Waals surface area contributed by atoms with Gasteiger partial charge < -0.3 is 14.8 Å². The van der Waals surface area contributed by atoms with Crippen LogP contribution in [0, 0.1) is 0 Å². The number of hydrogen-bond donors (Lipinski definition) is 1. The zero-order valence-corrected chi connectivity index (χ0v) is 18.8. The van der Waals surface area contributed by atoms with Gasteiger partial charge in [-0.1, -0.05) is 48.5 Å². The van der Waals surface area contributed by atoms with Crippen LogP contribution in [0.5, 0.6) is 0 Å². The number of rotatable bonds is 8. The minimum absolute atomic E-state index is 0.122. The van der Waals surface area contributed by atoms with Crippen molar-refractivity contribution in [3.8, 4) is 0 Å². The van der Waals surface area contributed by atoms with E-state index in [0.29, 0.717) is 30.9 Å². The Labute approximate surface area is 193 Å². The highest BCUT2D eigenvalue weighted by atomic mass is 16.2. The van der Waals surface area contributed by atoms with Crippen LogP contribution >= 0.6 is 0 Å². The van der Waals surface area contributed by atoms with Crippen molar-refractivity contribution in [1.82, 2.24) is 24.8 Å². The van der Waals surface area contributed by atoms with Crippen molar-refractivity contribution in [2.45, 2.75) is 18.9 Å². The lowest BCUT2D eigenvalue weighted by atomic mass is 10.0. The highest BCUT2D eigenvalue weighted by Crippen LogP contribution is 2.18. The fourth-order valence-electron chi connectivity index (χ4n) is 3.92. The van der Waals surface area contributed by atoms with Gasteiger partial charge in [0.15, 0.2) is 5.82 Å². The van der Waals surface area contributed by atoms with E-state index in [-0.39, 0.29) is 17.9 Å². The molecule has 0 aliphatic rings. The van der Waals surface area contributed by atoms with E-state index >= 15 is 0 Å². The van der Waals surface area contributed by atoms with Gasteiger partial charge >= 0.3 is 0 Å². The molecular formula is C26H27N5O2. The molecule has 2 amide bonds. The summed E-state index contributed by atoms with van der Waals surface area (Å²) in [6, 6.07) is 22.9. The van der Waals surface area contributed by atoms with Gasteiger partial charge in [-0.15, -0.1) is 0 Å². The minimum Gasteiger partial charge on any atom is -0.351 e. The smallest absolute Gasteiger partial charge is 0.289 e. The van der Waals surface area contributed by atoms with Gasteiger partial charge in [0.1, 0.15) is 5.69 Å². The van der Waals surface area contributed by atoms with Gasteiger partial charge in [-0.25, -0.2) is 4.98 Å². The number of aromatic nitrogens is 3. The first kappa shape index (κ1) is 22.2. The molecule has 0 unspecified atom stereocenters. The number of carbonyl (C=O) groups is 2. The maximum Gasteiger partial charge on any atom is 0.289 e. The summed E-state index contributed by atoms with van der Waals surface area (Å²) in [4.78, 5) is 36.2. The van der Waals surface area contributed by atoms with Crippen molar-refractivity contribution < 1.29 is 9.59 Å². The molecule has 0 aliphatic carbocycles. The molecule has 0 radical (unpaired) electrons. The Kier molecular flexibility index (Phi) is 6.78. The lowest BCUT2D eigenvalue weighted by Gasteiger charge is -2.28. The number of hydrogen-bond acceptors (Lipinski definition) is 4. The fourth-order valence-corrected chi connectivity index (χ4v) is 3.92. The normalized spacial score (nSPS) is 11.8. The van der Waals surface area contributed by atoms with Gasteiger partial charge in [0, 0.05) is 32.9 Å². The van der Waals surface area contributed by atoms with Crippen LogP contribution in [-0.4, -0.2) is 50.9 Å². The quantitative estimate of drug-likeness (QED) is 0.454. The Morgan fingerprint density at radius 1 is 1.00 bits per heavy atom. The van der Waals surface area contributed by atoms with E-state index in [1.54, 1.807) is 36.3 Å². The van der Waals surface area contributed by atoms with E-state index in [1.165, 1.54) is 0 Å². The molecule has 2 aromatic carbocycles. The molecule has 0 saturated heterocycles. The van der Waals surface area contributed by atoms with E-state index in [2.05, 4.69) is 15.3 Å². The largest absolute Gasteiger partial charge is 0.351 e. The molecule has 0 bridgehead atoms. The second-order valence-electron chi connectivity index (χ2n) is 8.00. The van der Waals surface area contributed by atoms with E-state index in [4.69, 9.17) is 0 Å². The third-order valence-corrected chi connectivity index (χ3v) is 5.82. The first-order valence-corrected chi connectivity index (χ1v) is 11.0. The number of nitrogens with zero attached hydrogens (tertiary/aromatic N) is 4. The third-order valence-electron chi connectivity index (χ3n) is 5.82. The monoisotopic (exact) mass is 441 g/mol. The molecule has 0 saturated carbocycles. The molecular weight excluding hydrogens is 414 g/mol. The van der Waals surface area contributed by atoms with Gasteiger partial charge in [0.25, 0.3) is 11.8 Å². The maximum atomic E-state index is 13.4. The average Bonchev–Trinajstić information content (AvgIpc) is 3.20. The standard InChI is InChI=1S/C26H27N5O2/c1-30(26(33)24-29-21-12-6-7-14-23(21)31(24)2)20(18-19-10-4-3-5-11-19)15-17-28-25(32)22-13-8-9-16-27-22/h3-14,16,20H,15,17-18H2,1-2H3,(H,28,32)/t20-/m1/s1. The number of para-hydroxylation sites is 2. The highest BCUT2D eigenvalue weighted by Gasteiger charge is 2.25. The molecule has 0 spiro atoms. The summed E-state index contributed by atoms with van der Waals surface area (Å²) in [6.45, 7) is 0.424. The number of pyridine rings is 1. The predicted octanol–water partition coefficient (Wildman–Crippen LogP) is 3.47. The van der Waals surface area contributed by atoms with E-state index in [9.17, 15) is 9.59 Å². The maximum absolute atomic E-state index is 13.4. The Balaban J connectivity index is 1.51. The van der Waals surface area contributed by atoms with E-state index in [0.717, 1.165) is 16.6 Å². The van der Waals surface area contributed by atoms with Gasteiger partial charge in [0.2, 0.25) is 0 Å². The summed E-state index contributed by atoms with van der Waals surface area (Å²) in [7, 11) is 3.66. The van der Waals surface area contributed by atoms with Crippen molar-refractivity contribution in [3.63, 3.8) is 0 Å². The lowest BCUT2D eigenvalue weighted by molar-refractivity contribution is 0.0707. The molecule has 0 aliphatic heterocycles. The summed E-state index contributed by atoms with van der Waals surface area (Å²) in [5, 5.41) is 2.92. The molecule has 4 aromatic rings. The number of fused-ring (bicyclic) bond motifs is 1. The SMILES string of the molecule is CN(C(=O)c1nc2ccccc2n1C)[C@H](CCNC(=O)c1ccccn1)Cc1ccccc1. The molecule has 33 heavy (non-hydrogen) atoms. The summed E-state index contributed by atoms with van der Waals surface area (Å²) in [5.41, 5.74) is 3.21. The molecule has 2 aromatic heterocycles. The van der Waals surface area contributed by atoms with Crippen molar-refractivity contribution in [3.05, 3.63) is 96.1 Å². The van der Waals surface area contributed by atoms with Gasteiger partial charge in [-0.05, 0) is 42.7 Å². The second kappa shape index (κ2) is 10.1. The van der Waals surface area contributed by atoms with Gasteiger partial charge in [-0.3, -0.25) is 14.6 Å². The number of nitrogens with one attached hydrogen (secondary N) is 1. The second-order valence-corrected chi connectivity index (χ2v) is 8.00. The molecule has 7 heteroatoms. The third kappa shape index (κ3) is 5.09. The van der Waals surface area contributed by atoms with Crippen LogP contribution in [0.2, 0.25) is 0 Å². The number of aryl methyl sites for hydroxylation is 1. The zero-order chi connectivity index (χ0) is 23.2. The van der Waals surface area contributed by atoms with Crippen molar-refractivity contribution in [1.29, 1.82) is 0 Å². The van der Waals surface area contributed by atoms with Crippen LogP contribution in [0.3, 0.4) is 0 Å². The van der Waals surface area contributed by atoms with Crippen LogP contribution in [0.4, 0.5) is 0 Å². The number of benzene rings is 2. The first-order chi connectivity index (χ1) is 16.0. The Hall–Kier alpha value is -4.00. The van der Waals surface area contributed by atoms with E-state index in [1.807, 2.05) is 66.2 Å². The van der Waals surface area contributed by atoms with Crippen LogP contribution in [0.25, 0.3) is 11.0 Å². The number of likely N-dealkylation sites (N-methyl/N-ethyl adjacent to an activating group) is 1. The van der Waals surface area contributed by atoms with Crippen molar-refractivity contribution >= 4 is 22.8 Å². The highest BCUT2D eigenvalue weighted by molar-refractivity contribution is 5.95. The van der Waals surface area contributed by atoms with Crippen molar-refractivity contribution in [2.24, 2.45) is 7.05 Å². The van der Waals surface area contributed by atoms with Crippen LogP contribution in [-0.2, 0) is 13.5 Å². The average molecular weight is 442 g/mol. The summed E-state index contributed by atoms with van der Waals surface area (Å²) >= 11 is 0. The Bertz CT molecular complexity index is 1240. The lowest BCUT2D eigenvalue weighted by Crippen LogP contribution is -2.42. The molecule has 1 N–H and O–H groups in total. The van der Waals surface area contributed by atoms with E-state index < -0.39 is 0 Å². The van der Waals surface area contributed by atoms with Crippen LogP contribution in [0.1, 0.15) is 33.1 Å². The summed E-state index contributed by atoms with van der Waals surface area (Å²) < 4.78 is 1.83. The van der Waals surface area contributed by atoms with Crippen LogP contribution < -0.4 is 5.32 Å². The molecule has 4 rings (SSSR count). The summed E-state index contributed by atoms with van der Waals surface area (Å²) in [5.74, 6) is 0.0263. The summed E-state index contributed by atoms with van der Waals surface area (Å²) in [6.07, 6.45) is 2.86. The minimum atomic E-state index is -0.224. The Morgan fingerprint density at radius 3 is 2.45 bits per heavy atom. The number of imidazole rings is 1. The van der Waals surface area contributed by atoms with Crippen molar-refractivity contribution in [2.75, 3.05) is 13.6 Å². The molecule has 7 nitrogen and oxygen atoms in total. The fraction of sp³-hybridized carbons (Fsp3) is 0.231. The number of carbonyl (C=O) groups excluding carboxylic acids is 2.